The minimum absolute atomic E-state index is 0.980. The van der Waals surface area contributed by atoms with Crippen LogP contribution in [0.5, 0.6) is 0 Å². The van der Waals surface area contributed by atoms with Gasteiger partial charge in [0.15, 0.2) is 0 Å². The van der Waals surface area contributed by atoms with Crippen LogP contribution in [0, 0.1) is 13.8 Å². The number of unbranched alkanes of at least 4 members (excludes halogenated alkanes) is 2. The van der Waals surface area contributed by atoms with Crippen LogP contribution in [0.25, 0.3) is 47.1 Å². The van der Waals surface area contributed by atoms with Crippen molar-refractivity contribution in [3.05, 3.63) is 137 Å². The fourth-order valence-corrected chi connectivity index (χ4v) is 7.02. The molecule has 2 aromatic heterocycles. The van der Waals surface area contributed by atoms with Crippen LogP contribution in [-0.4, -0.2) is 9.13 Å². The van der Waals surface area contributed by atoms with Gasteiger partial charge in [0, 0.05) is 55.2 Å². The van der Waals surface area contributed by atoms with Crippen LogP contribution in [0.15, 0.2) is 93.9 Å². The first-order chi connectivity index (χ1) is 20.8. The fourth-order valence-electron chi connectivity index (χ4n) is 6.26. The quantitative estimate of drug-likeness (QED) is 0.143. The van der Waals surface area contributed by atoms with E-state index in [0.717, 1.165) is 62.2 Å². The number of rotatable bonds is 8. The molecule has 2 nitrogen and oxygen atoms in total. The highest BCUT2D eigenvalue weighted by atomic mass is 79.9. The van der Waals surface area contributed by atoms with Crippen molar-refractivity contribution in [2.75, 3.05) is 0 Å². The lowest BCUT2D eigenvalue weighted by atomic mass is 10.1. The van der Waals surface area contributed by atoms with Crippen LogP contribution >= 0.6 is 31.9 Å². The number of hydrogen-bond donors (Lipinski definition) is 0. The van der Waals surface area contributed by atoms with Gasteiger partial charge >= 0.3 is 0 Å². The number of para-hydroxylation sites is 2. The third-order valence-corrected chi connectivity index (χ3v) is 9.60. The van der Waals surface area contributed by atoms with Crippen LogP contribution in [0.3, 0.4) is 0 Å². The molecule has 0 aliphatic rings. The summed E-state index contributed by atoms with van der Waals surface area (Å²) in [4.78, 5) is 0. The van der Waals surface area contributed by atoms with Crippen molar-refractivity contribution in [3.8, 4) is 0 Å². The molecule has 0 amide bonds. The molecule has 0 unspecified atom stereocenters. The topological polar surface area (TPSA) is 9.86 Å². The third-order valence-electron chi connectivity index (χ3n) is 8.61. The smallest absolute Gasteiger partial charge is 0.0487 e. The summed E-state index contributed by atoms with van der Waals surface area (Å²) in [5, 5.41) is 7.01. The molecular formula is C39H36Br2N2. The van der Waals surface area contributed by atoms with Gasteiger partial charge in [0.25, 0.3) is 0 Å². The van der Waals surface area contributed by atoms with Crippen molar-refractivity contribution in [1.82, 2.24) is 9.13 Å². The van der Waals surface area contributed by atoms with Crippen molar-refractivity contribution in [2.45, 2.75) is 46.2 Å². The number of aryl methyl sites for hydroxylation is 4. The Kier molecular flexibility index (Phi) is 8.61. The molecule has 6 rings (SSSR count). The highest BCUT2D eigenvalue weighted by molar-refractivity contribution is 9.10. The van der Waals surface area contributed by atoms with Gasteiger partial charge in [-0.3, -0.25) is 0 Å². The van der Waals surface area contributed by atoms with Crippen LogP contribution < -0.4 is 20.9 Å². The zero-order valence-electron chi connectivity index (χ0n) is 24.8. The Balaban J connectivity index is 1.27. The van der Waals surface area contributed by atoms with Crippen LogP contribution in [0.1, 0.15) is 41.8 Å². The van der Waals surface area contributed by atoms with E-state index in [1.165, 1.54) is 44.3 Å². The van der Waals surface area contributed by atoms with Gasteiger partial charge in [-0.2, -0.15) is 0 Å². The molecule has 0 saturated heterocycles. The Hall–Kier alpha value is -3.60. The lowest BCUT2D eigenvalue weighted by Gasteiger charge is -2.12. The number of fused-ring (bicyclic) bond motifs is 2. The standard InChI is InChI=1S/C39H36Br2N2/c1-26-16-18-32(40)22-30(26)24-38-28(3)34-12-6-8-14-36(34)42(38)20-10-5-11-21-43-37-15-9-7-13-35(37)29(4)39(43)25-31-23-33(41)19-17-27(31)2/h6-9,12-19,22-25H,1-2,5,10-11,20-21H2,3-4H3/b30-24-,31-25-. The molecule has 0 N–H and O–H groups in total. The van der Waals surface area contributed by atoms with Crippen molar-refractivity contribution >= 4 is 79.0 Å². The van der Waals surface area contributed by atoms with Crippen LogP contribution in [0.2, 0.25) is 0 Å². The van der Waals surface area contributed by atoms with E-state index < -0.39 is 0 Å². The van der Waals surface area contributed by atoms with Gasteiger partial charge in [0.05, 0.1) is 0 Å². The summed E-state index contributed by atoms with van der Waals surface area (Å²) in [7, 11) is 0. The lowest BCUT2D eigenvalue weighted by molar-refractivity contribution is 0.555. The van der Waals surface area contributed by atoms with Gasteiger partial charge in [-0.25, -0.2) is 0 Å². The maximum absolute atomic E-state index is 4.28. The molecule has 2 heterocycles. The van der Waals surface area contributed by atoms with E-state index in [0.29, 0.717) is 0 Å². The SMILES string of the molecule is C=c1ccc(Br)c/c1=C/c1c(C)c2ccccc2n1CCCCCn1c(/C=c2/cc(Br)ccc2=C)c(C)c2ccccc21. The lowest BCUT2D eigenvalue weighted by Crippen LogP contribution is -2.23. The van der Waals surface area contributed by atoms with Gasteiger partial charge in [-0.05, 0) is 114 Å². The number of nitrogens with zero attached hydrogens (tertiary/aromatic N) is 2. The molecule has 0 radical (unpaired) electrons. The highest BCUT2D eigenvalue weighted by Gasteiger charge is 2.14. The van der Waals surface area contributed by atoms with E-state index in [9.17, 15) is 0 Å². The average Bonchev–Trinajstić information content (AvgIpc) is 3.42. The number of benzene rings is 4. The Bertz CT molecular complexity index is 2040. The van der Waals surface area contributed by atoms with E-state index in [4.69, 9.17) is 0 Å². The second kappa shape index (κ2) is 12.6. The van der Waals surface area contributed by atoms with Crippen LogP contribution in [-0.2, 0) is 13.1 Å². The summed E-state index contributed by atoms with van der Waals surface area (Å²) in [5.74, 6) is 0. The van der Waals surface area contributed by atoms with Crippen molar-refractivity contribution < 1.29 is 0 Å². The first kappa shape index (κ1) is 29.5. The summed E-state index contributed by atoms with van der Waals surface area (Å²) in [6.07, 6.45) is 7.97. The largest absolute Gasteiger partial charge is 0.341 e. The first-order valence-corrected chi connectivity index (χ1v) is 16.5. The molecule has 0 bridgehead atoms. The van der Waals surface area contributed by atoms with Gasteiger partial charge in [0.1, 0.15) is 0 Å². The maximum atomic E-state index is 4.28. The Labute approximate surface area is 270 Å². The normalized spacial score (nSPS) is 12.7. The average molecular weight is 693 g/mol. The third kappa shape index (κ3) is 5.96. The molecule has 4 aromatic carbocycles. The summed E-state index contributed by atoms with van der Waals surface area (Å²) >= 11 is 7.28. The molecule has 0 spiro atoms. The first-order valence-electron chi connectivity index (χ1n) is 14.9. The molecule has 6 aromatic rings. The van der Waals surface area contributed by atoms with Gasteiger partial charge in [-0.1, -0.05) is 93.5 Å². The van der Waals surface area contributed by atoms with E-state index in [-0.39, 0.29) is 0 Å². The predicted octanol–water partition coefficient (Wildman–Crippen LogP) is 8.09. The monoisotopic (exact) mass is 690 g/mol. The molecule has 216 valence electrons. The van der Waals surface area contributed by atoms with Gasteiger partial charge in [0.2, 0.25) is 0 Å². The highest BCUT2D eigenvalue weighted by Crippen LogP contribution is 2.28. The van der Waals surface area contributed by atoms with E-state index >= 15 is 0 Å². The fraction of sp³-hybridized carbons (Fsp3) is 0.179. The Morgan fingerprint density at radius 3 is 1.44 bits per heavy atom. The molecule has 4 heteroatoms. The molecule has 43 heavy (non-hydrogen) atoms. The minimum atomic E-state index is 0.980. The zero-order chi connectivity index (χ0) is 30.1. The van der Waals surface area contributed by atoms with Gasteiger partial charge < -0.3 is 9.13 Å². The molecule has 0 fully saturated rings. The summed E-state index contributed by atoms with van der Waals surface area (Å²) in [6.45, 7) is 15.0. The number of hydrogen-bond acceptors (Lipinski definition) is 0. The summed E-state index contributed by atoms with van der Waals surface area (Å²) in [5.41, 5.74) is 7.78. The summed E-state index contributed by atoms with van der Waals surface area (Å²) in [6, 6.07) is 30.1. The molecule has 0 aliphatic carbocycles. The number of aromatic nitrogens is 2. The van der Waals surface area contributed by atoms with E-state index in [1.807, 2.05) is 0 Å². The Morgan fingerprint density at radius 1 is 0.581 bits per heavy atom. The second-order valence-corrected chi connectivity index (χ2v) is 13.2. The Morgan fingerprint density at radius 2 is 1.00 bits per heavy atom. The predicted molar refractivity (Wildman–Crippen MR) is 192 cm³/mol. The van der Waals surface area contributed by atoms with Gasteiger partial charge in [-0.15, -0.1) is 0 Å². The summed E-state index contributed by atoms with van der Waals surface area (Å²) < 4.78 is 7.15. The molecule has 0 saturated carbocycles. The van der Waals surface area contributed by atoms with Crippen molar-refractivity contribution in [3.63, 3.8) is 0 Å². The maximum Gasteiger partial charge on any atom is 0.0487 e. The number of halogens is 2. The minimum Gasteiger partial charge on any atom is -0.341 e. The van der Waals surface area contributed by atoms with Crippen molar-refractivity contribution in [2.24, 2.45) is 0 Å². The zero-order valence-corrected chi connectivity index (χ0v) is 28.0. The molecular weight excluding hydrogens is 656 g/mol. The molecule has 0 atom stereocenters. The van der Waals surface area contributed by atoms with Crippen LogP contribution in [0.4, 0.5) is 0 Å². The molecule has 0 aliphatic heterocycles. The van der Waals surface area contributed by atoms with E-state index in [2.05, 4.69) is 165 Å². The van der Waals surface area contributed by atoms with Crippen molar-refractivity contribution in [1.29, 1.82) is 0 Å². The second-order valence-electron chi connectivity index (χ2n) is 11.4. The van der Waals surface area contributed by atoms with E-state index in [1.54, 1.807) is 0 Å².